The lowest BCUT2D eigenvalue weighted by Crippen LogP contribution is -2.31. The third-order valence-corrected chi connectivity index (χ3v) is 3.80. The smallest absolute Gasteiger partial charge is 0.220 e. The number of hydrogen-bond donors (Lipinski definition) is 3. The minimum Gasteiger partial charge on any atom is -0.401 e. The molecule has 0 saturated carbocycles. The predicted octanol–water partition coefficient (Wildman–Crippen LogP) is 1.74. The van der Waals surface area contributed by atoms with Gasteiger partial charge in [-0.3, -0.25) is 4.79 Å². The van der Waals surface area contributed by atoms with Gasteiger partial charge in [-0.15, -0.1) is 0 Å². The first-order chi connectivity index (χ1) is 12.0. The number of carbonyl (C=O) groups is 1. The Bertz CT molecular complexity index is 364. The van der Waals surface area contributed by atoms with Gasteiger partial charge in [0.05, 0.1) is 33.0 Å². The van der Waals surface area contributed by atoms with Gasteiger partial charge in [0, 0.05) is 24.9 Å². The molecule has 0 aliphatic rings. The highest BCUT2D eigenvalue weighted by Crippen LogP contribution is 2.10. The number of hydrazine groups is 1. The Hall–Kier alpha value is -1.31. The maximum Gasteiger partial charge on any atom is 0.220 e. The van der Waals surface area contributed by atoms with Crippen molar-refractivity contribution in [3.8, 4) is 0 Å². The van der Waals surface area contributed by atoms with Crippen molar-refractivity contribution in [3.63, 3.8) is 0 Å². The number of hydrogen-bond acceptors (Lipinski definition) is 6. The van der Waals surface area contributed by atoms with E-state index in [0.717, 1.165) is 31.4 Å². The first-order valence-corrected chi connectivity index (χ1v) is 9.39. The molecule has 0 aliphatic heterocycles. The number of amides is 1. The summed E-state index contributed by atoms with van der Waals surface area (Å²) in [7, 11) is 0. The Labute approximate surface area is 153 Å². The van der Waals surface area contributed by atoms with Crippen LogP contribution in [0, 0.1) is 5.92 Å². The first kappa shape index (κ1) is 23.7. The zero-order valence-electron chi connectivity index (χ0n) is 16.3. The number of rotatable bonds is 16. The summed E-state index contributed by atoms with van der Waals surface area (Å²) in [6.45, 7) is 9.52. The predicted molar refractivity (Wildman–Crippen MR) is 101 cm³/mol. The van der Waals surface area contributed by atoms with E-state index in [9.17, 15) is 4.79 Å². The van der Waals surface area contributed by atoms with Crippen LogP contribution in [-0.2, 0) is 14.3 Å². The van der Waals surface area contributed by atoms with Crippen LogP contribution in [-0.4, -0.2) is 50.4 Å². The second-order valence-corrected chi connectivity index (χ2v) is 6.34. The Morgan fingerprint density at radius 1 is 1.20 bits per heavy atom. The van der Waals surface area contributed by atoms with E-state index < -0.39 is 0 Å². The van der Waals surface area contributed by atoms with Crippen LogP contribution in [0.15, 0.2) is 11.9 Å². The zero-order chi connectivity index (χ0) is 18.9. The third-order valence-electron chi connectivity index (χ3n) is 3.80. The van der Waals surface area contributed by atoms with Crippen molar-refractivity contribution in [2.75, 3.05) is 39.5 Å². The second-order valence-electron chi connectivity index (χ2n) is 6.34. The number of allylic oxidation sites excluding steroid dienone is 1. The molecule has 1 atom stereocenters. The van der Waals surface area contributed by atoms with E-state index in [-0.39, 0.29) is 5.91 Å². The fraction of sp³-hybridized carbons (Fsp3) is 0.833. The minimum atomic E-state index is 0.0883. The van der Waals surface area contributed by atoms with Crippen LogP contribution < -0.4 is 16.9 Å². The van der Waals surface area contributed by atoms with Gasteiger partial charge < -0.3 is 25.5 Å². The fourth-order valence-electron chi connectivity index (χ4n) is 2.06. The van der Waals surface area contributed by atoms with E-state index in [1.54, 1.807) is 11.2 Å². The van der Waals surface area contributed by atoms with Crippen LogP contribution in [0.4, 0.5) is 0 Å². The van der Waals surface area contributed by atoms with Crippen LogP contribution in [0.3, 0.4) is 0 Å². The van der Waals surface area contributed by atoms with Gasteiger partial charge in [0.1, 0.15) is 0 Å². The quantitative estimate of drug-likeness (QED) is 0.221. The topological polar surface area (TPSA) is 103 Å². The summed E-state index contributed by atoms with van der Waals surface area (Å²) in [6, 6.07) is 0. The van der Waals surface area contributed by atoms with E-state index in [1.165, 1.54) is 0 Å². The van der Waals surface area contributed by atoms with E-state index in [1.807, 2.05) is 0 Å². The minimum absolute atomic E-state index is 0.0883. The summed E-state index contributed by atoms with van der Waals surface area (Å²) < 4.78 is 10.9. The molecule has 0 aromatic carbocycles. The van der Waals surface area contributed by atoms with Gasteiger partial charge in [-0.25, -0.2) is 5.84 Å². The molecule has 0 rings (SSSR count). The Morgan fingerprint density at radius 2 is 1.88 bits per heavy atom. The standard InChI is InChI=1S/C18H38N4O3/c1-4-6-7-18(23)21-8-10-24-12-13-25-11-9-22(20)15-17(19)14-16(3)5-2/h15-16H,4-14,19-20H2,1-3H3,(H,21,23)/b17-15-. The molecule has 7 nitrogen and oxygen atoms in total. The maximum atomic E-state index is 11.4. The van der Waals surface area contributed by atoms with Crippen LogP contribution >= 0.6 is 0 Å². The molecule has 0 aromatic rings. The summed E-state index contributed by atoms with van der Waals surface area (Å²) >= 11 is 0. The molecule has 0 fully saturated rings. The van der Waals surface area contributed by atoms with E-state index in [0.29, 0.717) is 51.9 Å². The summed E-state index contributed by atoms with van der Waals surface area (Å²) in [5, 5.41) is 4.38. The van der Waals surface area contributed by atoms with Crippen LogP contribution in [0.1, 0.15) is 52.9 Å². The Morgan fingerprint density at radius 3 is 2.52 bits per heavy atom. The lowest BCUT2D eigenvalue weighted by atomic mass is 10.0. The normalized spacial score (nSPS) is 12.9. The van der Waals surface area contributed by atoms with E-state index in [2.05, 4.69) is 26.1 Å². The van der Waals surface area contributed by atoms with Crippen molar-refractivity contribution in [1.29, 1.82) is 0 Å². The molecule has 1 amide bonds. The number of nitrogens with two attached hydrogens (primary N) is 2. The van der Waals surface area contributed by atoms with Gasteiger partial charge >= 0.3 is 0 Å². The molecule has 0 aliphatic carbocycles. The molecule has 0 heterocycles. The van der Waals surface area contributed by atoms with Gasteiger partial charge in [0.25, 0.3) is 0 Å². The molecule has 148 valence electrons. The van der Waals surface area contributed by atoms with Gasteiger partial charge in [0.15, 0.2) is 0 Å². The second kappa shape index (κ2) is 16.2. The summed E-state index contributed by atoms with van der Waals surface area (Å²) in [5.74, 6) is 6.51. The molecular weight excluding hydrogens is 320 g/mol. The first-order valence-electron chi connectivity index (χ1n) is 9.39. The molecule has 0 spiro atoms. The molecule has 5 N–H and O–H groups in total. The van der Waals surface area contributed by atoms with E-state index in [4.69, 9.17) is 21.1 Å². The highest BCUT2D eigenvalue weighted by Gasteiger charge is 2.02. The summed E-state index contributed by atoms with van der Waals surface area (Å²) in [6.07, 6.45) is 6.27. The van der Waals surface area contributed by atoms with Gasteiger partial charge in [-0.2, -0.15) is 0 Å². The molecule has 25 heavy (non-hydrogen) atoms. The number of carbonyl (C=O) groups excluding carboxylic acids is 1. The van der Waals surface area contributed by atoms with Crippen LogP contribution in [0.25, 0.3) is 0 Å². The van der Waals surface area contributed by atoms with Gasteiger partial charge in [0.2, 0.25) is 5.91 Å². The lowest BCUT2D eigenvalue weighted by Gasteiger charge is -2.16. The fourth-order valence-corrected chi connectivity index (χ4v) is 2.06. The SMILES string of the molecule is CCCCC(=O)NCCOCCOCCN(N)/C=C(\N)CC(C)CC. The number of unbranched alkanes of at least 4 members (excludes halogenated alkanes) is 1. The highest BCUT2D eigenvalue weighted by molar-refractivity contribution is 5.75. The summed E-state index contributed by atoms with van der Waals surface area (Å²) in [5.41, 5.74) is 6.74. The van der Waals surface area contributed by atoms with Crippen molar-refractivity contribution in [1.82, 2.24) is 10.3 Å². The monoisotopic (exact) mass is 358 g/mol. The maximum absolute atomic E-state index is 11.4. The van der Waals surface area contributed by atoms with Crippen molar-refractivity contribution in [3.05, 3.63) is 11.9 Å². The largest absolute Gasteiger partial charge is 0.401 e. The van der Waals surface area contributed by atoms with Crippen molar-refractivity contribution >= 4 is 5.91 Å². The summed E-state index contributed by atoms with van der Waals surface area (Å²) in [4.78, 5) is 11.4. The van der Waals surface area contributed by atoms with Gasteiger partial charge in [-0.1, -0.05) is 33.6 Å². The average molecular weight is 359 g/mol. The molecule has 0 radical (unpaired) electrons. The number of ether oxygens (including phenoxy) is 2. The van der Waals surface area contributed by atoms with Crippen molar-refractivity contribution < 1.29 is 14.3 Å². The molecular formula is C18H38N4O3. The number of nitrogens with one attached hydrogen (secondary N) is 1. The molecule has 0 saturated heterocycles. The number of nitrogens with zero attached hydrogens (tertiary/aromatic N) is 1. The third kappa shape index (κ3) is 15.9. The van der Waals surface area contributed by atoms with Crippen molar-refractivity contribution in [2.24, 2.45) is 17.5 Å². The molecule has 7 heteroatoms. The zero-order valence-corrected chi connectivity index (χ0v) is 16.3. The molecule has 1 unspecified atom stereocenters. The van der Waals surface area contributed by atoms with Crippen LogP contribution in [0.5, 0.6) is 0 Å². The van der Waals surface area contributed by atoms with Gasteiger partial charge in [-0.05, 0) is 18.8 Å². The average Bonchev–Trinajstić information content (AvgIpc) is 2.57. The lowest BCUT2D eigenvalue weighted by molar-refractivity contribution is -0.121. The molecule has 0 aromatic heterocycles. The highest BCUT2D eigenvalue weighted by atomic mass is 16.5. The Balaban J connectivity index is 3.48. The Kier molecular flexibility index (Phi) is 15.3. The van der Waals surface area contributed by atoms with Crippen LogP contribution in [0.2, 0.25) is 0 Å². The van der Waals surface area contributed by atoms with E-state index >= 15 is 0 Å². The molecule has 0 bridgehead atoms. The van der Waals surface area contributed by atoms with Crippen molar-refractivity contribution in [2.45, 2.75) is 52.9 Å².